The summed E-state index contributed by atoms with van der Waals surface area (Å²) < 4.78 is 27.0. The molecule has 0 aliphatic carbocycles. The van der Waals surface area contributed by atoms with Gasteiger partial charge in [-0.25, -0.2) is 8.42 Å². The number of rotatable bonds is 2. The van der Waals surface area contributed by atoms with Gasteiger partial charge in [-0.05, 0) is 24.3 Å². The number of nitrogens with zero attached hydrogens (tertiary/aromatic N) is 2. The van der Waals surface area contributed by atoms with Crippen LogP contribution in [0.4, 0.5) is 5.69 Å². The van der Waals surface area contributed by atoms with E-state index in [4.69, 9.17) is 0 Å². The third kappa shape index (κ3) is 2.29. The highest BCUT2D eigenvalue weighted by Gasteiger charge is 2.32. The van der Waals surface area contributed by atoms with Gasteiger partial charge in [0.05, 0.1) is 5.69 Å². The number of hydrogen-bond donors (Lipinski definition) is 0. The Hall–Kier alpha value is -1.53. The highest BCUT2D eigenvalue weighted by atomic mass is 32.2. The molecule has 6 heteroatoms. The quantitative estimate of drug-likeness (QED) is 0.856. The number of para-hydroxylation sites is 1. The molecule has 0 unspecified atom stereocenters. The molecule has 0 radical (unpaired) electrons. The maximum absolute atomic E-state index is 12.8. The van der Waals surface area contributed by atoms with E-state index in [2.05, 4.69) is 4.98 Å². The van der Waals surface area contributed by atoms with Crippen LogP contribution in [0.1, 0.15) is 6.92 Å². The summed E-state index contributed by atoms with van der Waals surface area (Å²) in [7, 11) is -3.55. The van der Waals surface area contributed by atoms with E-state index in [1.165, 1.54) is 10.5 Å². The molecule has 0 saturated carbocycles. The summed E-state index contributed by atoms with van der Waals surface area (Å²) in [4.78, 5) is 5.14. The van der Waals surface area contributed by atoms with E-state index >= 15 is 0 Å². The predicted molar refractivity (Wildman–Crippen MR) is 80.5 cm³/mol. The molecule has 1 aromatic heterocycles. The average molecular weight is 306 g/mol. The van der Waals surface area contributed by atoms with E-state index in [0.717, 1.165) is 10.6 Å². The number of sulfonamides is 1. The molecule has 0 fully saturated rings. The Kier molecular flexibility index (Phi) is 3.43. The van der Waals surface area contributed by atoms with Crippen LogP contribution in [0.5, 0.6) is 0 Å². The van der Waals surface area contributed by atoms with Gasteiger partial charge in [-0.15, -0.1) is 11.8 Å². The second-order valence-electron chi connectivity index (χ2n) is 4.62. The molecule has 1 atom stereocenters. The molecule has 2 aromatic rings. The van der Waals surface area contributed by atoms with Crippen LogP contribution in [0, 0.1) is 0 Å². The van der Waals surface area contributed by atoms with Gasteiger partial charge in [0.25, 0.3) is 10.0 Å². The number of thioether (sulfide) groups is 1. The largest absolute Gasteiger partial charge is 0.265 e. The first-order valence-electron chi connectivity index (χ1n) is 6.27. The van der Waals surface area contributed by atoms with Crippen molar-refractivity contribution in [2.24, 2.45) is 0 Å². The SMILES string of the molecule is C[C@H]1CN(S(=O)(=O)c2cccnc2)c2ccccc2S1. The molecule has 1 aliphatic heterocycles. The molecule has 104 valence electrons. The fourth-order valence-electron chi connectivity index (χ4n) is 2.20. The summed E-state index contributed by atoms with van der Waals surface area (Å²) in [6.45, 7) is 2.51. The first-order valence-corrected chi connectivity index (χ1v) is 8.59. The number of benzene rings is 1. The lowest BCUT2D eigenvalue weighted by Gasteiger charge is -2.33. The summed E-state index contributed by atoms with van der Waals surface area (Å²) >= 11 is 1.71. The van der Waals surface area contributed by atoms with Crippen LogP contribution in [-0.4, -0.2) is 25.2 Å². The number of aromatic nitrogens is 1. The van der Waals surface area contributed by atoms with Gasteiger partial charge in [-0.3, -0.25) is 9.29 Å². The second kappa shape index (κ2) is 5.10. The Morgan fingerprint density at radius 3 is 2.80 bits per heavy atom. The molecule has 0 amide bonds. The second-order valence-corrected chi connectivity index (χ2v) is 7.96. The van der Waals surface area contributed by atoms with Gasteiger partial charge in [0.2, 0.25) is 0 Å². The molecular formula is C14H14N2O2S2. The van der Waals surface area contributed by atoms with E-state index in [1.807, 2.05) is 31.2 Å². The van der Waals surface area contributed by atoms with Crippen molar-refractivity contribution in [3.63, 3.8) is 0 Å². The zero-order chi connectivity index (χ0) is 14.2. The van der Waals surface area contributed by atoms with Gasteiger partial charge in [0.15, 0.2) is 0 Å². The Bertz CT molecular complexity index is 717. The summed E-state index contributed by atoms with van der Waals surface area (Å²) in [5.74, 6) is 0. The minimum Gasteiger partial charge on any atom is -0.264 e. The molecule has 20 heavy (non-hydrogen) atoms. The van der Waals surface area contributed by atoms with E-state index in [1.54, 1.807) is 30.1 Å². The number of fused-ring (bicyclic) bond motifs is 1. The Balaban J connectivity index is 2.11. The summed E-state index contributed by atoms with van der Waals surface area (Å²) in [6.07, 6.45) is 2.96. The number of pyridine rings is 1. The Labute approximate surface area is 122 Å². The molecule has 0 saturated heterocycles. The van der Waals surface area contributed by atoms with E-state index < -0.39 is 10.0 Å². The molecule has 0 spiro atoms. The third-order valence-corrected chi connectivity index (χ3v) is 6.02. The lowest BCUT2D eigenvalue weighted by molar-refractivity contribution is 0.589. The topological polar surface area (TPSA) is 50.3 Å². The Morgan fingerprint density at radius 1 is 1.25 bits per heavy atom. The first-order chi connectivity index (χ1) is 9.59. The van der Waals surface area contributed by atoms with Crippen LogP contribution >= 0.6 is 11.8 Å². The molecular weight excluding hydrogens is 292 g/mol. The standard InChI is InChI=1S/C14H14N2O2S2/c1-11-10-16(13-6-2-3-7-14(13)19-11)20(17,18)12-5-4-8-15-9-12/h2-9,11H,10H2,1H3/t11-/m0/s1. The van der Waals surface area contributed by atoms with Gasteiger partial charge in [-0.1, -0.05) is 19.1 Å². The van der Waals surface area contributed by atoms with Crippen molar-refractivity contribution in [1.82, 2.24) is 4.98 Å². The van der Waals surface area contributed by atoms with Crippen LogP contribution < -0.4 is 4.31 Å². The maximum Gasteiger partial charge on any atom is 0.265 e. The monoisotopic (exact) mass is 306 g/mol. The van der Waals surface area contributed by atoms with Crippen molar-refractivity contribution in [2.75, 3.05) is 10.8 Å². The van der Waals surface area contributed by atoms with Gasteiger partial charge in [0, 0.05) is 29.1 Å². The predicted octanol–water partition coefficient (Wildman–Crippen LogP) is 2.77. The van der Waals surface area contributed by atoms with Crippen LogP contribution in [0.25, 0.3) is 0 Å². The zero-order valence-corrected chi connectivity index (χ0v) is 12.6. The van der Waals surface area contributed by atoms with Crippen molar-refractivity contribution in [3.05, 3.63) is 48.8 Å². The van der Waals surface area contributed by atoms with Crippen LogP contribution in [0.15, 0.2) is 58.6 Å². The normalized spacial score (nSPS) is 18.6. The molecule has 0 bridgehead atoms. The van der Waals surface area contributed by atoms with Gasteiger partial charge < -0.3 is 0 Å². The zero-order valence-electron chi connectivity index (χ0n) is 10.9. The minimum absolute atomic E-state index is 0.219. The lowest BCUT2D eigenvalue weighted by Crippen LogP contribution is -2.38. The van der Waals surface area contributed by atoms with E-state index in [0.29, 0.717) is 6.54 Å². The summed E-state index contributed by atoms with van der Waals surface area (Å²) in [5, 5.41) is 0.219. The van der Waals surface area contributed by atoms with E-state index in [9.17, 15) is 8.42 Å². The minimum atomic E-state index is -3.55. The molecule has 1 aromatic carbocycles. The smallest absolute Gasteiger partial charge is 0.264 e. The van der Waals surface area contributed by atoms with Crippen molar-refractivity contribution in [1.29, 1.82) is 0 Å². The van der Waals surface area contributed by atoms with Crippen molar-refractivity contribution >= 4 is 27.5 Å². The number of hydrogen-bond acceptors (Lipinski definition) is 4. The molecule has 4 nitrogen and oxygen atoms in total. The van der Waals surface area contributed by atoms with Crippen LogP contribution in [-0.2, 0) is 10.0 Å². The highest BCUT2D eigenvalue weighted by molar-refractivity contribution is 8.00. The van der Waals surface area contributed by atoms with Crippen LogP contribution in [0.2, 0.25) is 0 Å². The third-order valence-electron chi connectivity index (χ3n) is 3.11. The summed E-state index contributed by atoms with van der Waals surface area (Å²) in [5.41, 5.74) is 0.749. The first kappa shape index (κ1) is 13.5. The van der Waals surface area contributed by atoms with E-state index in [-0.39, 0.29) is 10.1 Å². The lowest BCUT2D eigenvalue weighted by atomic mass is 10.3. The molecule has 3 rings (SSSR count). The summed E-state index contributed by atoms with van der Waals surface area (Å²) in [6, 6.07) is 10.8. The maximum atomic E-state index is 12.8. The van der Waals surface area contributed by atoms with Gasteiger partial charge >= 0.3 is 0 Å². The highest BCUT2D eigenvalue weighted by Crippen LogP contribution is 2.40. The van der Waals surface area contributed by atoms with Crippen molar-refractivity contribution < 1.29 is 8.42 Å². The fourth-order valence-corrected chi connectivity index (χ4v) is 5.01. The van der Waals surface area contributed by atoms with Gasteiger partial charge in [0.1, 0.15) is 4.90 Å². The van der Waals surface area contributed by atoms with Gasteiger partial charge in [-0.2, -0.15) is 0 Å². The molecule has 0 N–H and O–H groups in total. The van der Waals surface area contributed by atoms with Crippen molar-refractivity contribution in [3.8, 4) is 0 Å². The van der Waals surface area contributed by atoms with Crippen LogP contribution in [0.3, 0.4) is 0 Å². The molecule has 1 aliphatic rings. The molecule has 2 heterocycles. The Morgan fingerprint density at radius 2 is 2.05 bits per heavy atom. The average Bonchev–Trinajstić information content (AvgIpc) is 2.47. The fraction of sp³-hybridized carbons (Fsp3) is 0.214. The van der Waals surface area contributed by atoms with Crippen molar-refractivity contribution in [2.45, 2.75) is 22.0 Å². The number of anilines is 1.